The van der Waals surface area contributed by atoms with Crippen LogP contribution in [0.5, 0.6) is 0 Å². The van der Waals surface area contributed by atoms with Crippen LogP contribution in [0.4, 0.5) is 11.4 Å². The first-order valence-corrected chi connectivity index (χ1v) is 12.2. The number of benzene rings is 3. The lowest BCUT2D eigenvalue weighted by Gasteiger charge is -2.16. The third-order valence-corrected chi connectivity index (χ3v) is 6.26. The fourth-order valence-corrected chi connectivity index (χ4v) is 4.39. The van der Waals surface area contributed by atoms with Crippen LogP contribution in [0.25, 0.3) is 22.2 Å². The Balaban J connectivity index is 1.77. The van der Waals surface area contributed by atoms with E-state index in [0.29, 0.717) is 17.8 Å². The van der Waals surface area contributed by atoms with Gasteiger partial charge in [0.2, 0.25) is 5.91 Å². The van der Waals surface area contributed by atoms with Crippen LogP contribution in [0.2, 0.25) is 0 Å². The summed E-state index contributed by atoms with van der Waals surface area (Å²) in [5.74, 6) is -0.0875. The molecule has 0 aliphatic rings. The number of anilines is 2. The van der Waals surface area contributed by atoms with Crippen molar-refractivity contribution in [2.75, 3.05) is 24.3 Å². The first kappa shape index (κ1) is 25.0. The molecule has 1 aromatic heterocycles. The quantitative estimate of drug-likeness (QED) is 0.313. The van der Waals surface area contributed by atoms with Gasteiger partial charge in [-0.3, -0.25) is 4.79 Å². The lowest BCUT2D eigenvalue weighted by Crippen LogP contribution is -2.12. The molecule has 1 heterocycles. The van der Waals surface area contributed by atoms with Gasteiger partial charge in [0.05, 0.1) is 16.8 Å². The summed E-state index contributed by atoms with van der Waals surface area (Å²) >= 11 is 0. The molecule has 2 N–H and O–H groups in total. The van der Waals surface area contributed by atoms with E-state index in [1.165, 1.54) is 6.92 Å². The zero-order valence-electron chi connectivity index (χ0n) is 21.2. The topological polar surface area (TPSA) is 87.5 Å². The molecule has 186 valence electrons. The minimum atomic E-state index is -0.938. The standard InChI is InChI=1S/C29H32N4O3/c1-5-6-11-27-31-28-25(30-19(2)34)16-22(32(3)4)17-26(28)33(27)18-20-12-14-21(15-13-20)23-9-7-8-10-24(23)29(35)36/h7-10,12-17H,5-6,11,18H2,1-4H3,(H,30,34)(H,35,36). The van der Waals surface area contributed by atoms with E-state index < -0.39 is 5.97 Å². The molecule has 0 saturated heterocycles. The Labute approximate surface area is 211 Å². The zero-order valence-corrected chi connectivity index (χ0v) is 21.2. The van der Waals surface area contributed by atoms with Gasteiger partial charge >= 0.3 is 5.97 Å². The van der Waals surface area contributed by atoms with Gasteiger partial charge in [0.1, 0.15) is 11.3 Å². The van der Waals surface area contributed by atoms with Gasteiger partial charge < -0.3 is 19.9 Å². The number of aryl methyl sites for hydroxylation is 1. The average molecular weight is 485 g/mol. The number of imidazole rings is 1. The summed E-state index contributed by atoms with van der Waals surface area (Å²) in [7, 11) is 3.95. The number of nitrogens with zero attached hydrogens (tertiary/aromatic N) is 3. The van der Waals surface area contributed by atoms with Crippen LogP contribution in [-0.2, 0) is 17.8 Å². The van der Waals surface area contributed by atoms with Crippen LogP contribution in [-0.4, -0.2) is 40.6 Å². The Hall–Kier alpha value is -4.13. The molecule has 4 aromatic rings. The number of carboxylic acid groups (broad SMARTS) is 1. The van der Waals surface area contributed by atoms with Crippen LogP contribution >= 0.6 is 0 Å². The van der Waals surface area contributed by atoms with Crippen molar-refractivity contribution in [1.29, 1.82) is 0 Å². The summed E-state index contributed by atoms with van der Waals surface area (Å²) in [6, 6.07) is 19.1. The number of unbranched alkanes of at least 4 members (excludes halogenated alkanes) is 1. The Bertz CT molecular complexity index is 1400. The first-order valence-electron chi connectivity index (χ1n) is 12.2. The maximum atomic E-state index is 11.9. The molecule has 0 fully saturated rings. The van der Waals surface area contributed by atoms with Gasteiger partial charge in [0.25, 0.3) is 0 Å². The average Bonchev–Trinajstić information content (AvgIpc) is 3.20. The van der Waals surface area contributed by atoms with Crippen LogP contribution in [0, 0.1) is 0 Å². The van der Waals surface area contributed by atoms with Crippen molar-refractivity contribution in [3.05, 3.63) is 77.6 Å². The Kier molecular flexibility index (Phi) is 7.38. The Morgan fingerprint density at radius 3 is 2.42 bits per heavy atom. The van der Waals surface area contributed by atoms with Crippen molar-refractivity contribution in [3.8, 4) is 11.1 Å². The maximum absolute atomic E-state index is 11.9. The number of amides is 1. The molecule has 0 saturated carbocycles. The summed E-state index contributed by atoms with van der Waals surface area (Å²) in [4.78, 5) is 30.5. The number of aromatic carboxylic acids is 1. The van der Waals surface area contributed by atoms with Crippen molar-refractivity contribution in [2.24, 2.45) is 0 Å². The normalized spacial score (nSPS) is 11.0. The fraction of sp³-hybridized carbons (Fsp3) is 0.276. The number of hydrogen-bond donors (Lipinski definition) is 2. The minimum Gasteiger partial charge on any atom is -0.478 e. The predicted molar refractivity (Wildman–Crippen MR) is 145 cm³/mol. The summed E-state index contributed by atoms with van der Waals surface area (Å²) in [5.41, 5.74) is 6.38. The van der Waals surface area contributed by atoms with E-state index in [4.69, 9.17) is 4.98 Å². The highest BCUT2D eigenvalue weighted by Gasteiger charge is 2.17. The van der Waals surface area contributed by atoms with E-state index in [2.05, 4.69) is 22.9 Å². The molecule has 1 amide bonds. The number of rotatable bonds is 9. The van der Waals surface area contributed by atoms with E-state index in [1.807, 2.05) is 61.5 Å². The summed E-state index contributed by atoms with van der Waals surface area (Å²) < 4.78 is 2.23. The number of hydrogen-bond acceptors (Lipinski definition) is 4. The molecule has 0 bridgehead atoms. The smallest absolute Gasteiger partial charge is 0.336 e. The molecule has 3 aromatic carbocycles. The highest BCUT2D eigenvalue weighted by molar-refractivity contribution is 6.01. The molecule has 0 spiro atoms. The molecule has 0 atom stereocenters. The third-order valence-electron chi connectivity index (χ3n) is 6.26. The van der Waals surface area contributed by atoms with E-state index >= 15 is 0 Å². The van der Waals surface area contributed by atoms with Crippen LogP contribution in [0.15, 0.2) is 60.7 Å². The van der Waals surface area contributed by atoms with Gasteiger partial charge in [0, 0.05) is 39.7 Å². The lowest BCUT2D eigenvalue weighted by atomic mass is 9.99. The van der Waals surface area contributed by atoms with Crippen molar-refractivity contribution in [3.63, 3.8) is 0 Å². The van der Waals surface area contributed by atoms with E-state index in [-0.39, 0.29) is 11.5 Å². The third kappa shape index (κ3) is 5.25. The predicted octanol–water partition coefficient (Wildman–Crippen LogP) is 5.82. The van der Waals surface area contributed by atoms with Crippen molar-refractivity contribution < 1.29 is 14.7 Å². The minimum absolute atomic E-state index is 0.130. The lowest BCUT2D eigenvalue weighted by molar-refractivity contribution is -0.114. The van der Waals surface area contributed by atoms with Crippen molar-refractivity contribution in [1.82, 2.24) is 9.55 Å². The first-order chi connectivity index (χ1) is 17.3. The fourth-order valence-electron chi connectivity index (χ4n) is 4.39. The van der Waals surface area contributed by atoms with Crippen LogP contribution < -0.4 is 10.2 Å². The van der Waals surface area contributed by atoms with Crippen LogP contribution in [0.1, 0.15) is 48.4 Å². The van der Waals surface area contributed by atoms with Crippen LogP contribution in [0.3, 0.4) is 0 Å². The Morgan fingerprint density at radius 2 is 1.78 bits per heavy atom. The molecule has 4 rings (SSSR count). The molecule has 36 heavy (non-hydrogen) atoms. The van der Waals surface area contributed by atoms with Gasteiger partial charge in [-0.1, -0.05) is 55.8 Å². The second-order valence-electron chi connectivity index (χ2n) is 9.20. The maximum Gasteiger partial charge on any atom is 0.336 e. The SMILES string of the molecule is CCCCc1nc2c(NC(C)=O)cc(N(C)C)cc2n1Cc1ccc(-c2ccccc2C(=O)O)cc1. The molecule has 0 aliphatic heterocycles. The molecule has 0 radical (unpaired) electrons. The van der Waals surface area contributed by atoms with Gasteiger partial charge in [-0.2, -0.15) is 0 Å². The van der Waals surface area contributed by atoms with E-state index in [0.717, 1.165) is 52.9 Å². The van der Waals surface area contributed by atoms with Gasteiger partial charge in [-0.25, -0.2) is 9.78 Å². The molecular weight excluding hydrogens is 452 g/mol. The highest BCUT2D eigenvalue weighted by Crippen LogP contribution is 2.32. The second kappa shape index (κ2) is 10.6. The van der Waals surface area contributed by atoms with Gasteiger partial charge in [0.15, 0.2) is 0 Å². The summed E-state index contributed by atoms with van der Waals surface area (Å²) in [5, 5.41) is 12.5. The van der Waals surface area contributed by atoms with Gasteiger partial charge in [-0.05, 0) is 41.3 Å². The number of aromatic nitrogens is 2. The molecule has 7 heteroatoms. The number of carbonyl (C=O) groups is 2. The largest absolute Gasteiger partial charge is 0.478 e. The molecular formula is C29H32N4O3. The zero-order chi connectivity index (χ0) is 25.8. The molecule has 0 aliphatic carbocycles. The number of nitrogens with one attached hydrogen (secondary N) is 1. The Morgan fingerprint density at radius 1 is 1.06 bits per heavy atom. The van der Waals surface area contributed by atoms with Gasteiger partial charge in [-0.15, -0.1) is 0 Å². The second-order valence-corrected chi connectivity index (χ2v) is 9.20. The number of carbonyl (C=O) groups excluding carboxylic acids is 1. The summed E-state index contributed by atoms with van der Waals surface area (Å²) in [6.07, 6.45) is 2.92. The monoisotopic (exact) mass is 484 g/mol. The molecule has 7 nitrogen and oxygen atoms in total. The van der Waals surface area contributed by atoms with Crippen molar-refractivity contribution >= 4 is 34.3 Å². The number of fused-ring (bicyclic) bond motifs is 1. The highest BCUT2D eigenvalue weighted by atomic mass is 16.4. The molecule has 0 unspecified atom stereocenters. The number of carboxylic acids is 1. The van der Waals surface area contributed by atoms with E-state index in [1.54, 1.807) is 12.1 Å². The van der Waals surface area contributed by atoms with E-state index in [9.17, 15) is 14.7 Å². The summed E-state index contributed by atoms with van der Waals surface area (Å²) in [6.45, 7) is 4.29. The van der Waals surface area contributed by atoms with Crippen molar-refractivity contribution in [2.45, 2.75) is 39.7 Å².